The van der Waals surface area contributed by atoms with Gasteiger partial charge in [-0.1, -0.05) is 60.7 Å². The minimum Gasteiger partial charge on any atom is -0.383 e. The van der Waals surface area contributed by atoms with E-state index in [0.29, 0.717) is 35.9 Å². The second kappa shape index (κ2) is 12.6. The summed E-state index contributed by atoms with van der Waals surface area (Å²) in [5, 5.41) is 8.03. The Morgan fingerprint density at radius 3 is 2.36 bits per heavy atom. The lowest BCUT2D eigenvalue weighted by Gasteiger charge is -2.35. The lowest BCUT2D eigenvalue weighted by atomic mass is 9.89. The SMILES string of the molecule is COCCNC(=O)c1cc(NC(=O)c2ccc3ccccc3c2)ccc1N1CCC(Cc2ccccc2)CC1. The van der Waals surface area contributed by atoms with Gasteiger partial charge in [-0.15, -0.1) is 0 Å². The highest BCUT2D eigenvalue weighted by Crippen LogP contribution is 2.30. The Morgan fingerprint density at radius 2 is 1.59 bits per heavy atom. The number of carbonyl (C=O) groups is 2. The minimum atomic E-state index is -0.207. The van der Waals surface area contributed by atoms with Crippen molar-refractivity contribution >= 4 is 34.0 Å². The van der Waals surface area contributed by atoms with E-state index in [1.54, 1.807) is 13.2 Å². The molecule has 1 saturated heterocycles. The van der Waals surface area contributed by atoms with Crippen molar-refractivity contribution < 1.29 is 14.3 Å². The second-order valence-corrected chi connectivity index (χ2v) is 10.1. The normalized spacial score (nSPS) is 13.8. The quantitative estimate of drug-likeness (QED) is 0.268. The molecule has 0 spiro atoms. The molecule has 0 bridgehead atoms. The Bertz CT molecular complexity index is 1430. The highest BCUT2D eigenvalue weighted by molar-refractivity contribution is 6.08. The average Bonchev–Trinajstić information content (AvgIpc) is 2.98. The molecule has 0 unspecified atom stereocenters. The predicted octanol–water partition coefficient (Wildman–Crippen LogP) is 5.93. The van der Waals surface area contributed by atoms with Crippen LogP contribution in [-0.4, -0.2) is 45.2 Å². The van der Waals surface area contributed by atoms with E-state index in [1.165, 1.54) is 5.56 Å². The number of benzene rings is 4. The summed E-state index contributed by atoms with van der Waals surface area (Å²) in [6.45, 7) is 2.63. The zero-order valence-electron chi connectivity index (χ0n) is 22.4. The summed E-state index contributed by atoms with van der Waals surface area (Å²) in [5.41, 5.74) is 3.99. The van der Waals surface area contributed by atoms with E-state index in [9.17, 15) is 9.59 Å². The van der Waals surface area contributed by atoms with Gasteiger partial charge in [-0.3, -0.25) is 9.59 Å². The number of nitrogens with one attached hydrogen (secondary N) is 2. The van der Waals surface area contributed by atoms with Gasteiger partial charge in [0.1, 0.15) is 0 Å². The van der Waals surface area contributed by atoms with Crippen molar-refractivity contribution in [1.29, 1.82) is 0 Å². The molecule has 6 nitrogen and oxygen atoms in total. The summed E-state index contributed by atoms with van der Waals surface area (Å²) in [4.78, 5) is 28.6. The van der Waals surface area contributed by atoms with E-state index in [-0.39, 0.29) is 11.8 Å². The summed E-state index contributed by atoms with van der Waals surface area (Å²) < 4.78 is 5.11. The third-order valence-corrected chi connectivity index (χ3v) is 7.42. The molecule has 0 atom stereocenters. The van der Waals surface area contributed by atoms with E-state index in [0.717, 1.165) is 48.8 Å². The molecule has 2 N–H and O–H groups in total. The van der Waals surface area contributed by atoms with Crippen LogP contribution in [0, 0.1) is 5.92 Å². The van der Waals surface area contributed by atoms with Crippen LogP contribution in [-0.2, 0) is 11.2 Å². The number of amides is 2. The minimum absolute atomic E-state index is 0.171. The van der Waals surface area contributed by atoms with Gasteiger partial charge in [-0.05, 0) is 71.8 Å². The number of carbonyl (C=O) groups excluding carboxylic acids is 2. The molecule has 0 aromatic heterocycles. The lowest BCUT2D eigenvalue weighted by Crippen LogP contribution is -2.36. The topological polar surface area (TPSA) is 70.7 Å². The molecule has 1 aliphatic rings. The van der Waals surface area contributed by atoms with Crippen LogP contribution in [0.5, 0.6) is 0 Å². The van der Waals surface area contributed by atoms with Gasteiger partial charge in [0, 0.05) is 43.7 Å². The lowest BCUT2D eigenvalue weighted by molar-refractivity contribution is 0.0936. The van der Waals surface area contributed by atoms with Crippen LogP contribution in [0.1, 0.15) is 39.1 Å². The molecule has 4 aromatic rings. The van der Waals surface area contributed by atoms with Crippen LogP contribution >= 0.6 is 0 Å². The van der Waals surface area contributed by atoms with Crippen molar-refractivity contribution in [2.45, 2.75) is 19.3 Å². The van der Waals surface area contributed by atoms with Crippen LogP contribution in [0.15, 0.2) is 91.0 Å². The molecular weight excluding hydrogens is 486 g/mol. The molecular formula is C33H35N3O3. The summed E-state index contributed by atoms with van der Waals surface area (Å²) in [5.74, 6) is 0.249. The number of fused-ring (bicyclic) bond motifs is 1. The Labute approximate surface area is 230 Å². The number of nitrogens with zero attached hydrogens (tertiary/aromatic N) is 1. The van der Waals surface area contributed by atoms with Gasteiger partial charge >= 0.3 is 0 Å². The first-order valence-corrected chi connectivity index (χ1v) is 13.6. The third kappa shape index (κ3) is 6.65. The van der Waals surface area contributed by atoms with Crippen molar-refractivity contribution in [3.63, 3.8) is 0 Å². The standard InChI is InChI=1S/C33H35N3O3/c1-39-20-17-34-33(38)30-23-29(35-32(37)28-12-11-26-9-5-6-10-27(26)22-28)13-14-31(30)36-18-15-25(16-19-36)21-24-7-3-2-4-8-24/h2-14,22-23,25H,15-21H2,1H3,(H,34,38)(H,35,37). The fourth-order valence-corrected chi connectivity index (χ4v) is 5.29. The number of anilines is 2. The van der Waals surface area contributed by atoms with Gasteiger partial charge in [0.25, 0.3) is 11.8 Å². The Kier molecular flexibility index (Phi) is 8.54. The number of rotatable bonds is 9. The van der Waals surface area contributed by atoms with Crippen LogP contribution in [0.4, 0.5) is 11.4 Å². The Morgan fingerprint density at radius 1 is 0.846 bits per heavy atom. The van der Waals surface area contributed by atoms with Gasteiger partial charge in [0.05, 0.1) is 12.2 Å². The highest BCUT2D eigenvalue weighted by Gasteiger charge is 2.24. The van der Waals surface area contributed by atoms with E-state index >= 15 is 0 Å². The maximum absolute atomic E-state index is 13.2. The highest BCUT2D eigenvalue weighted by atomic mass is 16.5. The van der Waals surface area contributed by atoms with Crippen LogP contribution in [0.2, 0.25) is 0 Å². The second-order valence-electron chi connectivity index (χ2n) is 10.1. The molecule has 1 fully saturated rings. The molecule has 5 rings (SSSR count). The van der Waals surface area contributed by atoms with Gasteiger partial charge in [0.15, 0.2) is 0 Å². The van der Waals surface area contributed by atoms with Crippen molar-refractivity contribution in [2.24, 2.45) is 5.92 Å². The largest absolute Gasteiger partial charge is 0.383 e. The molecule has 4 aromatic carbocycles. The molecule has 0 aliphatic carbocycles. The molecule has 0 saturated carbocycles. The maximum Gasteiger partial charge on any atom is 0.255 e. The number of piperidine rings is 1. The predicted molar refractivity (Wildman–Crippen MR) is 158 cm³/mol. The zero-order valence-corrected chi connectivity index (χ0v) is 22.4. The van der Waals surface area contributed by atoms with Crippen molar-refractivity contribution in [3.8, 4) is 0 Å². The monoisotopic (exact) mass is 521 g/mol. The fraction of sp³-hybridized carbons (Fsp3) is 0.273. The number of hydrogen-bond donors (Lipinski definition) is 2. The summed E-state index contributed by atoms with van der Waals surface area (Å²) in [7, 11) is 1.61. The smallest absolute Gasteiger partial charge is 0.255 e. The van der Waals surface area contributed by atoms with Crippen molar-refractivity contribution in [3.05, 3.63) is 108 Å². The molecule has 1 aliphatic heterocycles. The van der Waals surface area contributed by atoms with Gasteiger partial charge in [0.2, 0.25) is 0 Å². The molecule has 39 heavy (non-hydrogen) atoms. The van der Waals surface area contributed by atoms with Crippen molar-refractivity contribution in [1.82, 2.24) is 5.32 Å². The number of methoxy groups -OCH3 is 1. The summed E-state index contributed by atoms with van der Waals surface area (Å²) in [6.07, 6.45) is 3.22. The van der Waals surface area contributed by atoms with Crippen molar-refractivity contribution in [2.75, 3.05) is 43.6 Å². The molecule has 1 heterocycles. The summed E-state index contributed by atoms with van der Waals surface area (Å²) >= 11 is 0. The first kappa shape index (κ1) is 26.4. The number of hydrogen-bond acceptors (Lipinski definition) is 4. The van der Waals surface area contributed by atoms with E-state index in [1.807, 2.05) is 54.6 Å². The van der Waals surface area contributed by atoms with Gasteiger partial charge in [-0.2, -0.15) is 0 Å². The van der Waals surface area contributed by atoms with Gasteiger partial charge < -0.3 is 20.3 Å². The third-order valence-electron chi connectivity index (χ3n) is 7.42. The Hall–Kier alpha value is -4.16. The zero-order chi connectivity index (χ0) is 27.0. The van der Waals surface area contributed by atoms with E-state index < -0.39 is 0 Å². The van der Waals surface area contributed by atoms with Gasteiger partial charge in [-0.25, -0.2) is 0 Å². The van der Waals surface area contributed by atoms with Crippen LogP contribution in [0.25, 0.3) is 10.8 Å². The van der Waals surface area contributed by atoms with E-state index in [2.05, 4.69) is 45.9 Å². The Balaban J connectivity index is 1.32. The summed E-state index contributed by atoms with van der Waals surface area (Å²) in [6, 6.07) is 29.9. The first-order valence-electron chi connectivity index (χ1n) is 13.6. The van der Waals surface area contributed by atoms with E-state index in [4.69, 9.17) is 4.74 Å². The molecule has 2 amide bonds. The molecule has 0 radical (unpaired) electrons. The maximum atomic E-state index is 13.2. The molecule has 200 valence electrons. The van der Waals surface area contributed by atoms with Crippen LogP contribution in [0.3, 0.4) is 0 Å². The first-order chi connectivity index (χ1) is 19.1. The average molecular weight is 522 g/mol. The number of ether oxygens (including phenoxy) is 1. The fourth-order valence-electron chi connectivity index (χ4n) is 5.29. The van der Waals surface area contributed by atoms with Crippen LogP contribution < -0.4 is 15.5 Å². The molecule has 6 heteroatoms.